The van der Waals surface area contributed by atoms with E-state index in [9.17, 15) is 0 Å². The van der Waals surface area contributed by atoms with Crippen LogP contribution in [0, 0.1) is 11.3 Å². The molecule has 1 heterocycles. The van der Waals surface area contributed by atoms with E-state index in [2.05, 4.69) is 33.8 Å². The summed E-state index contributed by atoms with van der Waals surface area (Å²) in [6.45, 7) is 4.51. The van der Waals surface area contributed by atoms with Gasteiger partial charge in [0.15, 0.2) is 0 Å². The highest BCUT2D eigenvalue weighted by Gasteiger charge is 2.22. The monoisotopic (exact) mass is 295 g/mol. The molecule has 0 bridgehead atoms. The first-order valence-corrected chi connectivity index (χ1v) is 6.80. The van der Waals surface area contributed by atoms with Crippen LogP contribution in [0.1, 0.15) is 25.3 Å². The molecule has 2 rings (SSSR count). The minimum absolute atomic E-state index is 0.116. The van der Waals surface area contributed by atoms with Crippen molar-refractivity contribution >= 4 is 27.5 Å². The van der Waals surface area contributed by atoms with E-state index in [1.807, 2.05) is 12.1 Å². The van der Waals surface area contributed by atoms with Gasteiger partial charge in [0.1, 0.15) is 5.84 Å². The van der Waals surface area contributed by atoms with Gasteiger partial charge in [-0.25, -0.2) is 0 Å². The van der Waals surface area contributed by atoms with Crippen molar-refractivity contribution in [3.63, 3.8) is 0 Å². The van der Waals surface area contributed by atoms with Crippen LogP contribution >= 0.6 is 15.9 Å². The summed E-state index contributed by atoms with van der Waals surface area (Å²) in [5.74, 6) is 0.930. The predicted molar refractivity (Wildman–Crippen MR) is 75.8 cm³/mol. The Morgan fingerprint density at radius 2 is 2.35 bits per heavy atom. The molecule has 1 aromatic carbocycles. The van der Waals surface area contributed by atoms with Crippen LogP contribution in [0.4, 0.5) is 5.69 Å². The summed E-state index contributed by atoms with van der Waals surface area (Å²) in [4.78, 5) is 2.40. The van der Waals surface area contributed by atoms with Gasteiger partial charge in [0, 0.05) is 23.1 Å². The Morgan fingerprint density at radius 3 is 2.88 bits per heavy atom. The molecule has 1 aliphatic rings. The fraction of sp³-hybridized carbons (Fsp3) is 0.462. The van der Waals surface area contributed by atoms with E-state index < -0.39 is 0 Å². The van der Waals surface area contributed by atoms with Gasteiger partial charge in [0.05, 0.1) is 5.69 Å². The summed E-state index contributed by atoms with van der Waals surface area (Å²) in [5.41, 5.74) is 7.46. The predicted octanol–water partition coefficient (Wildman–Crippen LogP) is 2.97. The van der Waals surface area contributed by atoms with Crippen molar-refractivity contribution in [2.75, 3.05) is 18.0 Å². The lowest BCUT2D eigenvalue weighted by Gasteiger charge is -2.20. The van der Waals surface area contributed by atoms with Crippen molar-refractivity contribution in [3.05, 3.63) is 28.2 Å². The Morgan fingerprint density at radius 1 is 1.59 bits per heavy atom. The van der Waals surface area contributed by atoms with Crippen LogP contribution in [-0.2, 0) is 0 Å². The van der Waals surface area contributed by atoms with Crippen LogP contribution in [0.2, 0.25) is 0 Å². The van der Waals surface area contributed by atoms with Crippen molar-refractivity contribution in [1.29, 1.82) is 5.41 Å². The summed E-state index contributed by atoms with van der Waals surface area (Å²) in [6.07, 6.45) is 2.52. The zero-order valence-corrected chi connectivity index (χ0v) is 11.6. The smallest absolute Gasteiger partial charge is 0.122 e. The number of anilines is 1. The summed E-state index contributed by atoms with van der Waals surface area (Å²) < 4.78 is 1.03. The molecule has 1 fully saturated rings. The average molecular weight is 296 g/mol. The van der Waals surface area contributed by atoms with Gasteiger partial charge in [-0.2, -0.15) is 0 Å². The molecule has 1 unspecified atom stereocenters. The largest absolute Gasteiger partial charge is 0.384 e. The van der Waals surface area contributed by atoms with E-state index in [0.717, 1.165) is 29.0 Å². The van der Waals surface area contributed by atoms with E-state index in [4.69, 9.17) is 11.1 Å². The van der Waals surface area contributed by atoms with Crippen molar-refractivity contribution in [3.8, 4) is 0 Å². The molecule has 17 heavy (non-hydrogen) atoms. The lowest BCUT2D eigenvalue weighted by Crippen LogP contribution is -2.20. The Bertz CT molecular complexity index is 431. The van der Waals surface area contributed by atoms with Gasteiger partial charge in [-0.1, -0.05) is 13.3 Å². The first kappa shape index (κ1) is 12.4. The van der Waals surface area contributed by atoms with Crippen LogP contribution < -0.4 is 10.6 Å². The van der Waals surface area contributed by atoms with E-state index in [1.165, 1.54) is 18.5 Å². The number of benzene rings is 1. The zero-order valence-electron chi connectivity index (χ0n) is 10.0. The Hall–Kier alpha value is -1.03. The maximum absolute atomic E-state index is 7.42. The molecule has 4 heteroatoms. The normalized spacial score (nSPS) is 19.6. The van der Waals surface area contributed by atoms with Crippen molar-refractivity contribution in [1.82, 2.24) is 0 Å². The fourth-order valence-electron chi connectivity index (χ4n) is 2.32. The molecular weight excluding hydrogens is 278 g/mol. The number of hydrogen-bond acceptors (Lipinski definition) is 2. The second-order valence-electron chi connectivity index (χ2n) is 4.59. The molecule has 1 aromatic rings. The van der Waals surface area contributed by atoms with E-state index in [1.54, 1.807) is 0 Å². The molecule has 0 aromatic heterocycles. The topological polar surface area (TPSA) is 53.1 Å². The standard InChI is InChI=1S/C13H18BrN3/c1-2-9-5-6-17(8-9)12-4-3-10(13(15)16)7-11(12)14/h3-4,7,9H,2,5-6,8H2,1H3,(H3,15,16). The SMILES string of the molecule is CCC1CCN(c2ccc(C(=N)N)cc2Br)C1. The molecule has 0 saturated carbocycles. The fourth-order valence-corrected chi connectivity index (χ4v) is 2.95. The molecule has 3 N–H and O–H groups in total. The van der Waals surface area contributed by atoms with Gasteiger partial charge in [-0.3, -0.25) is 5.41 Å². The quantitative estimate of drug-likeness (QED) is 0.665. The van der Waals surface area contributed by atoms with Crippen molar-refractivity contribution < 1.29 is 0 Å². The third-order valence-corrected chi connectivity index (χ3v) is 4.10. The number of hydrogen-bond donors (Lipinski definition) is 2. The van der Waals surface area contributed by atoms with Crippen LogP contribution in [0.15, 0.2) is 22.7 Å². The second kappa shape index (κ2) is 5.08. The van der Waals surface area contributed by atoms with E-state index >= 15 is 0 Å². The van der Waals surface area contributed by atoms with Crippen LogP contribution in [-0.4, -0.2) is 18.9 Å². The number of halogens is 1. The highest BCUT2D eigenvalue weighted by Crippen LogP contribution is 2.32. The molecule has 1 aliphatic heterocycles. The Balaban J connectivity index is 2.20. The number of amidine groups is 1. The molecule has 0 radical (unpaired) electrons. The molecule has 0 amide bonds. The highest BCUT2D eigenvalue weighted by molar-refractivity contribution is 9.10. The summed E-state index contributed by atoms with van der Waals surface area (Å²) in [7, 11) is 0. The van der Waals surface area contributed by atoms with Gasteiger partial charge in [-0.05, 0) is 46.5 Å². The Labute approximate surface area is 111 Å². The maximum atomic E-state index is 7.42. The van der Waals surface area contributed by atoms with Gasteiger partial charge in [0.2, 0.25) is 0 Å². The third-order valence-electron chi connectivity index (χ3n) is 3.46. The van der Waals surface area contributed by atoms with Gasteiger partial charge < -0.3 is 10.6 Å². The number of nitrogen functional groups attached to an aromatic ring is 1. The number of nitrogens with one attached hydrogen (secondary N) is 1. The van der Waals surface area contributed by atoms with Gasteiger partial charge in [0.25, 0.3) is 0 Å². The van der Waals surface area contributed by atoms with Crippen molar-refractivity contribution in [2.45, 2.75) is 19.8 Å². The first-order valence-electron chi connectivity index (χ1n) is 6.00. The van der Waals surface area contributed by atoms with Crippen LogP contribution in [0.5, 0.6) is 0 Å². The molecule has 92 valence electrons. The van der Waals surface area contributed by atoms with E-state index in [0.29, 0.717) is 0 Å². The first-order chi connectivity index (χ1) is 8.11. The molecule has 3 nitrogen and oxygen atoms in total. The average Bonchev–Trinajstić information content (AvgIpc) is 2.77. The highest BCUT2D eigenvalue weighted by atomic mass is 79.9. The minimum atomic E-state index is 0.116. The maximum Gasteiger partial charge on any atom is 0.122 e. The Kier molecular flexibility index (Phi) is 3.72. The molecule has 0 spiro atoms. The molecule has 1 atom stereocenters. The molecule has 1 saturated heterocycles. The number of nitrogens with two attached hydrogens (primary N) is 1. The summed E-state index contributed by atoms with van der Waals surface area (Å²) in [5, 5.41) is 7.42. The summed E-state index contributed by atoms with van der Waals surface area (Å²) >= 11 is 3.57. The molecule has 0 aliphatic carbocycles. The van der Waals surface area contributed by atoms with Crippen LogP contribution in [0.3, 0.4) is 0 Å². The van der Waals surface area contributed by atoms with Gasteiger partial charge >= 0.3 is 0 Å². The molecular formula is C13H18BrN3. The van der Waals surface area contributed by atoms with Gasteiger partial charge in [-0.15, -0.1) is 0 Å². The van der Waals surface area contributed by atoms with Crippen molar-refractivity contribution in [2.24, 2.45) is 11.7 Å². The van der Waals surface area contributed by atoms with E-state index in [-0.39, 0.29) is 5.84 Å². The second-order valence-corrected chi connectivity index (χ2v) is 5.44. The minimum Gasteiger partial charge on any atom is -0.384 e. The summed E-state index contributed by atoms with van der Waals surface area (Å²) in [6, 6.07) is 5.90. The lowest BCUT2D eigenvalue weighted by atomic mass is 10.1. The van der Waals surface area contributed by atoms with Crippen LogP contribution in [0.25, 0.3) is 0 Å². The lowest BCUT2D eigenvalue weighted by molar-refractivity contribution is 0.569. The number of nitrogens with zero attached hydrogens (tertiary/aromatic N) is 1. The number of rotatable bonds is 3. The zero-order chi connectivity index (χ0) is 12.4. The third kappa shape index (κ3) is 2.63.